The summed E-state index contributed by atoms with van der Waals surface area (Å²) in [7, 11) is -0.265. The van der Waals surface area contributed by atoms with Crippen molar-refractivity contribution in [2.24, 2.45) is 11.7 Å². The van der Waals surface area contributed by atoms with E-state index >= 15 is 0 Å². The lowest BCUT2D eigenvalue weighted by Crippen LogP contribution is -2.43. The molecule has 0 aromatic carbocycles. The Morgan fingerprint density at radius 3 is 2.33 bits per heavy atom. The molecule has 8 heteroatoms. The molecule has 0 unspecified atom stereocenters. The van der Waals surface area contributed by atoms with E-state index in [9.17, 15) is 8.42 Å². The molecule has 106 valence electrons. The normalized spacial score (nSPS) is 25.1. The highest BCUT2D eigenvalue weighted by atomic mass is 32.2. The third-order valence-electron chi connectivity index (χ3n) is 3.23. The Kier molecular flexibility index (Phi) is 5.77. The molecule has 1 aliphatic rings. The van der Waals surface area contributed by atoms with Crippen molar-refractivity contribution in [2.45, 2.75) is 31.7 Å². The molecule has 1 saturated carbocycles. The summed E-state index contributed by atoms with van der Waals surface area (Å²) in [4.78, 5) is 0. The molecular weight excluding hydrogens is 272 g/mol. The Morgan fingerprint density at radius 1 is 1.33 bits per heavy atom. The van der Waals surface area contributed by atoms with Gasteiger partial charge in [-0.1, -0.05) is 0 Å². The molecular formula is C10H22N4O2S2. The van der Waals surface area contributed by atoms with E-state index in [1.807, 2.05) is 0 Å². The summed E-state index contributed by atoms with van der Waals surface area (Å²) in [5.41, 5.74) is 5.43. The van der Waals surface area contributed by atoms with Gasteiger partial charge in [-0.2, -0.15) is 12.7 Å². The van der Waals surface area contributed by atoms with Gasteiger partial charge < -0.3 is 11.1 Å². The molecule has 0 aromatic heterocycles. The van der Waals surface area contributed by atoms with Crippen molar-refractivity contribution < 1.29 is 8.42 Å². The van der Waals surface area contributed by atoms with Crippen molar-refractivity contribution in [1.82, 2.24) is 14.3 Å². The molecule has 0 saturated heterocycles. The van der Waals surface area contributed by atoms with Crippen LogP contribution in [0.1, 0.15) is 25.7 Å². The van der Waals surface area contributed by atoms with Gasteiger partial charge in [0.25, 0.3) is 10.2 Å². The highest BCUT2D eigenvalue weighted by molar-refractivity contribution is 7.87. The summed E-state index contributed by atoms with van der Waals surface area (Å²) in [5.74, 6) is 0.393. The topological polar surface area (TPSA) is 87.5 Å². The molecule has 1 rings (SSSR count). The Bertz CT molecular complexity index is 375. The molecule has 0 atom stereocenters. The average Bonchev–Trinajstić information content (AvgIpc) is 2.27. The van der Waals surface area contributed by atoms with Gasteiger partial charge in [0.2, 0.25) is 0 Å². The van der Waals surface area contributed by atoms with E-state index in [4.69, 9.17) is 18.0 Å². The summed E-state index contributed by atoms with van der Waals surface area (Å²) in [5, 5.41) is 3.39. The monoisotopic (exact) mass is 294 g/mol. The number of thiocarbonyl (C=S) groups is 1. The second-order valence-electron chi connectivity index (χ2n) is 4.86. The summed E-state index contributed by atoms with van der Waals surface area (Å²) in [6.07, 6.45) is 3.92. The summed E-state index contributed by atoms with van der Waals surface area (Å²) in [6, 6.07) is 0.337. The molecule has 4 N–H and O–H groups in total. The first-order valence-corrected chi connectivity index (χ1v) is 7.89. The zero-order valence-electron chi connectivity index (χ0n) is 10.8. The zero-order chi connectivity index (χ0) is 13.8. The maximum atomic E-state index is 11.6. The molecule has 0 amide bonds. The summed E-state index contributed by atoms with van der Waals surface area (Å²) in [6.45, 7) is 0.500. The average molecular weight is 294 g/mol. The molecule has 1 fully saturated rings. The van der Waals surface area contributed by atoms with Crippen molar-refractivity contribution in [3.05, 3.63) is 0 Å². The van der Waals surface area contributed by atoms with Crippen molar-refractivity contribution in [3.8, 4) is 0 Å². The van der Waals surface area contributed by atoms with Gasteiger partial charge in [-0.05, 0) is 43.8 Å². The Morgan fingerprint density at radius 2 is 1.89 bits per heavy atom. The van der Waals surface area contributed by atoms with Crippen molar-refractivity contribution in [3.63, 3.8) is 0 Å². The molecule has 18 heavy (non-hydrogen) atoms. The maximum Gasteiger partial charge on any atom is 0.278 e. The van der Waals surface area contributed by atoms with Gasteiger partial charge in [0.15, 0.2) is 5.11 Å². The first-order chi connectivity index (χ1) is 8.31. The molecule has 1 aliphatic carbocycles. The number of hydrogen-bond donors (Lipinski definition) is 3. The number of nitrogens with two attached hydrogens (primary N) is 1. The van der Waals surface area contributed by atoms with Gasteiger partial charge in [-0.3, -0.25) is 0 Å². The van der Waals surface area contributed by atoms with Crippen LogP contribution in [0.3, 0.4) is 0 Å². The van der Waals surface area contributed by atoms with E-state index in [1.54, 1.807) is 0 Å². The van der Waals surface area contributed by atoms with Crippen LogP contribution in [0.4, 0.5) is 0 Å². The standard InChI is InChI=1S/C10H22N4O2S2/c1-14(2)18(15,16)12-7-8-3-5-9(6-4-8)13-10(11)17/h8-9,12H,3-7H2,1-2H3,(H3,11,13,17). The fourth-order valence-electron chi connectivity index (χ4n) is 2.06. The third kappa shape index (κ3) is 5.05. The fourth-order valence-corrected chi connectivity index (χ4v) is 2.94. The highest BCUT2D eigenvalue weighted by Gasteiger charge is 2.23. The minimum Gasteiger partial charge on any atom is -0.376 e. The van der Waals surface area contributed by atoms with E-state index < -0.39 is 10.2 Å². The van der Waals surface area contributed by atoms with Crippen LogP contribution in [0.25, 0.3) is 0 Å². The molecule has 0 bridgehead atoms. The van der Waals surface area contributed by atoms with E-state index in [2.05, 4.69) is 10.0 Å². The molecule has 0 aliphatic heterocycles. The van der Waals surface area contributed by atoms with Gasteiger partial charge in [0.05, 0.1) is 0 Å². The Labute approximate surface area is 114 Å². The molecule has 0 aromatic rings. The van der Waals surface area contributed by atoms with Crippen molar-refractivity contribution in [2.75, 3.05) is 20.6 Å². The third-order valence-corrected chi connectivity index (χ3v) is 4.84. The minimum atomic E-state index is -3.30. The smallest absolute Gasteiger partial charge is 0.278 e. The van der Waals surface area contributed by atoms with Crippen molar-refractivity contribution in [1.29, 1.82) is 0 Å². The predicted octanol–water partition coefficient (Wildman–Crippen LogP) is -0.226. The Hall–Kier alpha value is -0.440. The maximum absolute atomic E-state index is 11.6. The summed E-state index contributed by atoms with van der Waals surface area (Å²) < 4.78 is 26.9. The minimum absolute atomic E-state index is 0.337. The van der Waals surface area contributed by atoms with Crippen molar-refractivity contribution >= 4 is 27.5 Å². The van der Waals surface area contributed by atoms with Crippen LogP contribution in [0.15, 0.2) is 0 Å². The second kappa shape index (κ2) is 6.65. The molecule has 0 heterocycles. The van der Waals surface area contributed by atoms with E-state index in [1.165, 1.54) is 18.4 Å². The lowest BCUT2D eigenvalue weighted by molar-refractivity contribution is 0.310. The quantitative estimate of drug-likeness (QED) is 0.610. The SMILES string of the molecule is CN(C)S(=O)(=O)NCC1CCC(NC(N)=S)CC1. The van der Waals surface area contributed by atoms with E-state index in [-0.39, 0.29) is 0 Å². The van der Waals surface area contributed by atoms with Gasteiger partial charge in [0, 0.05) is 26.7 Å². The largest absolute Gasteiger partial charge is 0.376 e. The lowest BCUT2D eigenvalue weighted by Gasteiger charge is -2.29. The first kappa shape index (κ1) is 15.6. The number of nitrogens with zero attached hydrogens (tertiary/aromatic N) is 1. The van der Waals surface area contributed by atoms with Gasteiger partial charge in [-0.25, -0.2) is 4.72 Å². The van der Waals surface area contributed by atoms with E-state index in [0.717, 1.165) is 25.7 Å². The van der Waals surface area contributed by atoms with Gasteiger partial charge in [0.1, 0.15) is 0 Å². The highest BCUT2D eigenvalue weighted by Crippen LogP contribution is 2.23. The molecule has 6 nitrogen and oxygen atoms in total. The number of rotatable bonds is 5. The van der Waals surface area contributed by atoms with Crippen LogP contribution in [-0.2, 0) is 10.2 Å². The molecule has 0 spiro atoms. The van der Waals surface area contributed by atoms with Crippen LogP contribution < -0.4 is 15.8 Å². The second-order valence-corrected chi connectivity index (χ2v) is 7.27. The summed E-state index contributed by atoms with van der Waals surface area (Å²) >= 11 is 4.80. The first-order valence-electron chi connectivity index (χ1n) is 6.04. The number of hydrogen-bond acceptors (Lipinski definition) is 3. The van der Waals surface area contributed by atoms with Crippen LogP contribution in [0.5, 0.6) is 0 Å². The van der Waals surface area contributed by atoms with Crippen LogP contribution in [-0.4, -0.2) is 44.5 Å². The van der Waals surface area contributed by atoms with Crippen LogP contribution in [0, 0.1) is 5.92 Å². The Balaban J connectivity index is 2.30. The number of nitrogens with one attached hydrogen (secondary N) is 2. The van der Waals surface area contributed by atoms with Crippen LogP contribution in [0.2, 0.25) is 0 Å². The zero-order valence-corrected chi connectivity index (χ0v) is 12.5. The van der Waals surface area contributed by atoms with Gasteiger partial charge >= 0.3 is 0 Å². The van der Waals surface area contributed by atoms with E-state index in [0.29, 0.717) is 23.6 Å². The lowest BCUT2D eigenvalue weighted by atomic mass is 9.86. The van der Waals surface area contributed by atoms with Gasteiger partial charge in [-0.15, -0.1) is 0 Å². The fraction of sp³-hybridized carbons (Fsp3) is 0.900. The molecule has 0 radical (unpaired) electrons. The predicted molar refractivity (Wildman–Crippen MR) is 76.3 cm³/mol. The van der Waals surface area contributed by atoms with Crippen LogP contribution >= 0.6 is 12.2 Å².